The predicted octanol–water partition coefficient (Wildman–Crippen LogP) is 3.84. The molecule has 0 aromatic heterocycles. The highest BCUT2D eigenvalue weighted by Gasteiger charge is 2.07. The molecule has 0 spiro atoms. The van der Waals surface area contributed by atoms with Crippen LogP contribution in [-0.4, -0.2) is 5.33 Å². The fraction of sp³-hybridized carbons (Fsp3) is 1.00. The third-order valence-electron chi connectivity index (χ3n) is 2.15. The van der Waals surface area contributed by atoms with Gasteiger partial charge in [-0.05, 0) is 18.3 Å². The Bertz CT molecular complexity index is 67.1. The Morgan fingerprint density at radius 1 is 1.20 bits per heavy atom. The predicted molar refractivity (Wildman–Crippen MR) is 51.6 cm³/mol. The van der Waals surface area contributed by atoms with E-state index in [0.717, 1.165) is 17.2 Å². The number of halogens is 1. The van der Waals surface area contributed by atoms with Gasteiger partial charge in [0.2, 0.25) is 0 Å². The zero-order chi connectivity index (χ0) is 7.98. The molecule has 0 bridgehead atoms. The van der Waals surface area contributed by atoms with E-state index in [2.05, 4.69) is 36.7 Å². The average Bonchev–Trinajstić information content (AvgIpc) is 1.99. The summed E-state index contributed by atoms with van der Waals surface area (Å²) < 4.78 is 0. The molecule has 0 aromatic rings. The van der Waals surface area contributed by atoms with Crippen LogP contribution in [0.4, 0.5) is 0 Å². The number of alkyl halides is 1. The van der Waals surface area contributed by atoms with Gasteiger partial charge in [-0.3, -0.25) is 0 Å². The fourth-order valence-electron chi connectivity index (χ4n) is 1.25. The van der Waals surface area contributed by atoms with Crippen molar-refractivity contribution in [3.05, 3.63) is 0 Å². The van der Waals surface area contributed by atoms with Crippen LogP contribution in [-0.2, 0) is 0 Å². The minimum atomic E-state index is 0.852. The van der Waals surface area contributed by atoms with Gasteiger partial charge in [0.05, 0.1) is 0 Å². The van der Waals surface area contributed by atoms with Crippen molar-refractivity contribution in [3.63, 3.8) is 0 Å². The summed E-state index contributed by atoms with van der Waals surface area (Å²) in [4.78, 5) is 0. The molecule has 0 aliphatic heterocycles. The first-order valence-electron chi connectivity index (χ1n) is 4.30. The molecule has 62 valence electrons. The molecular weight excluding hydrogens is 188 g/mol. The Morgan fingerprint density at radius 3 is 2.00 bits per heavy atom. The molecular formula is C9H19Br. The first-order valence-corrected chi connectivity index (χ1v) is 5.42. The molecule has 0 rings (SSSR count). The number of rotatable bonds is 5. The highest BCUT2D eigenvalue weighted by Crippen LogP contribution is 2.19. The zero-order valence-corrected chi connectivity index (χ0v) is 8.95. The van der Waals surface area contributed by atoms with E-state index in [1.165, 1.54) is 19.3 Å². The van der Waals surface area contributed by atoms with Gasteiger partial charge in [0.1, 0.15) is 0 Å². The second-order valence-electron chi connectivity index (χ2n) is 3.18. The monoisotopic (exact) mass is 206 g/mol. The smallest absolute Gasteiger partial charge is 0.00571 e. The Morgan fingerprint density at radius 2 is 1.70 bits per heavy atom. The van der Waals surface area contributed by atoms with Gasteiger partial charge < -0.3 is 0 Å². The second-order valence-corrected chi connectivity index (χ2v) is 3.83. The van der Waals surface area contributed by atoms with Gasteiger partial charge in [-0.25, -0.2) is 0 Å². The van der Waals surface area contributed by atoms with Gasteiger partial charge in [-0.1, -0.05) is 49.5 Å². The summed E-state index contributed by atoms with van der Waals surface area (Å²) >= 11 is 3.50. The summed E-state index contributed by atoms with van der Waals surface area (Å²) in [5.74, 6) is 1.80. The van der Waals surface area contributed by atoms with Gasteiger partial charge in [-0.15, -0.1) is 0 Å². The van der Waals surface area contributed by atoms with Crippen molar-refractivity contribution in [2.24, 2.45) is 11.8 Å². The molecule has 0 aliphatic carbocycles. The SMILES string of the molecule is CCC(CC)CC(C)CBr. The molecule has 0 saturated heterocycles. The maximum atomic E-state index is 3.50. The Kier molecular flexibility index (Phi) is 6.50. The number of hydrogen-bond donors (Lipinski definition) is 0. The normalized spacial score (nSPS) is 14.1. The zero-order valence-electron chi connectivity index (χ0n) is 7.36. The molecule has 0 fully saturated rings. The Balaban J connectivity index is 3.41. The highest BCUT2D eigenvalue weighted by molar-refractivity contribution is 9.09. The second kappa shape index (κ2) is 6.21. The first-order chi connectivity index (χ1) is 4.74. The van der Waals surface area contributed by atoms with Crippen LogP contribution in [0, 0.1) is 11.8 Å². The molecule has 0 aromatic carbocycles. The van der Waals surface area contributed by atoms with Crippen LogP contribution >= 0.6 is 15.9 Å². The largest absolute Gasteiger partial charge is 0.0925 e. The van der Waals surface area contributed by atoms with Gasteiger partial charge >= 0.3 is 0 Å². The van der Waals surface area contributed by atoms with Crippen molar-refractivity contribution < 1.29 is 0 Å². The maximum Gasteiger partial charge on any atom is 0.00571 e. The molecule has 0 heterocycles. The Hall–Kier alpha value is 0.480. The van der Waals surface area contributed by atoms with Crippen molar-refractivity contribution in [2.75, 3.05) is 5.33 Å². The molecule has 0 amide bonds. The van der Waals surface area contributed by atoms with Crippen LogP contribution in [0.5, 0.6) is 0 Å². The topological polar surface area (TPSA) is 0 Å². The summed E-state index contributed by atoms with van der Waals surface area (Å²) in [6.45, 7) is 6.89. The lowest BCUT2D eigenvalue weighted by atomic mass is 9.93. The summed E-state index contributed by atoms with van der Waals surface area (Å²) in [6, 6.07) is 0. The van der Waals surface area contributed by atoms with Gasteiger partial charge in [0, 0.05) is 5.33 Å². The summed E-state index contributed by atoms with van der Waals surface area (Å²) in [5.41, 5.74) is 0. The average molecular weight is 207 g/mol. The van der Waals surface area contributed by atoms with Crippen molar-refractivity contribution in [2.45, 2.75) is 40.0 Å². The van der Waals surface area contributed by atoms with Crippen LogP contribution in [0.25, 0.3) is 0 Å². The standard InChI is InChI=1S/C9H19Br/c1-4-9(5-2)6-8(3)7-10/h8-9H,4-7H2,1-3H3. The van der Waals surface area contributed by atoms with Crippen LogP contribution in [0.15, 0.2) is 0 Å². The lowest BCUT2D eigenvalue weighted by Crippen LogP contribution is -2.05. The summed E-state index contributed by atoms with van der Waals surface area (Å²) in [7, 11) is 0. The van der Waals surface area contributed by atoms with Gasteiger partial charge in [0.25, 0.3) is 0 Å². The van der Waals surface area contributed by atoms with Crippen molar-refractivity contribution >= 4 is 15.9 Å². The van der Waals surface area contributed by atoms with E-state index < -0.39 is 0 Å². The van der Waals surface area contributed by atoms with Crippen molar-refractivity contribution in [1.29, 1.82) is 0 Å². The molecule has 0 radical (unpaired) electrons. The van der Waals surface area contributed by atoms with E-state index >= 15 is 0 Å². The van der Waals surface area contributed by atoms with Crippen LogP contribution < -0.4 is 0 Å². The molecule has 1 heteroatoms. The van der Waals surface area contributed by atoms with Crippen LogP contribution in [0.3, 0.4) is 0 Å². The molecule has 0 aliphatic rings. The first kappa shape index (κ1) is 10.5. The van der Waals surface area contributed by atoms with Crippen molar-refractivity contribution in [3.8, 4) is 0 Å². The summed E-state index contributed by atoms with van der Waals surface area (Å²) in [5, 5.41) is 1.16. The maximum absolute atomic E-state index is 3.50. The Labute approximate surface area is 73.5 Å². The highest BCUT2D eigenvalue weighted by atomic mass is 79.9. The molecule has 0 nitrogen and oxygen atoms in total. The fourth-order valence-corrected chi connectivity index (χ4v) is 1.52. The van der Waals surface area contributed by atoms with E-state index in [1.54, 1.807) is 0 Å². The lowest BCUT2D eigenvalue weighted by molar-refractivity contribution is 0.393. The van der Waals surface area contributed by atoms with Crippen molar-refractivity contribution in [1.82, 2.24) is 0 Å². The minimum Gasteiger partial charge on any atom is -0.0925 e. The van der Waals surface area contributed by atoms with E-state index in [-0.39, 0.29) is 0 Å². The van der Waals surface area contributed by atoms with Gasteiger partial charge in [0.15, 0.2) is 0 Å². The van der Waals surface area contributed by atoms with E-state index in [0.29, 0.717) is 0 Å². The minimum absolute atomic E-state index is 0.852. The van der Waals surface area contributed by atoms with E-state index in [4.69, 9.17) is 0 Å². The summed E-state index contributed by atoms with van der Waals surface area (Å²) in [6.07, 6.45) is 4.07. The lowest BCUT2D eigenvalue weighted by Gasteiger charge is -2.15. The molecule has 10 heavy (non-hydrogen) atoms. The van der Waals surface area contributed by atoms with E-state index in [1.807, 2.05) is 0 Å². The third kappa shape index (κ3) is 4.32. The molecule has 1 atom stereocenters. The number of hydrogen-bond acceptors (Lipinski definition) is 0. The van der Waals surface area contributed by atoms with Crippen LogP contribution in [0.2, 0.25) is 0 Å². The molecule has 0 saturated carbocycles. The van der Waals surface area contributed by atoms with Gasteiger partial charge in [-0.2, -0.15) is 0 Å². The van der Waals surface area contributed by atoms with Crippen LogP contribution in [0.1, 0.15) is 40.0 Å². The molecule has 1 unspecified atom stereocenters. The van der Waals surface area contributed by atoms with E-state index in [9.17, 15) is 0 Å². The molecule has 0 N–H and O–H groups in total. The third-order valence-corrected chi connectivity index (χ3v) is 3.26. The quantitative estimate of drug-likeness (QED) is 0.601.